The molecule has 1 amide bonds. The predicted octanol–water partition coefficient (Wildman–Crippen LogP) is 1.46. The van der Waals surface area contributed by atoms with Crippen LogP contribution in [0.2, 0.25) is 5.02 Å². The third-order valence-corrected chi connectivity index (χ3v) is 5.00. The zero-order chi connectivity index (χ0) is 19.6. The van der Waals surface area contributed by atoms with E-state index in [2.05, 4.69) is 9.71 Å². The molecule has 0 unspecified atom stereocenters. The lowest BCUT2D eigenvalue weighted by molar-refractivity contribution is -0.142. The van der Waals surface area contributed by atoms with Crippen LogP contribution in [0.25, 0.3) is 0 Å². The van der Waals surface area contributed by atoms with Gasteiger partial charge in [0, 0.05) is 17.8 Å². The SMILES string of the molecule is O=C(COC(=O)C1=CC=CN2CCS(=O)(=O)N=C12)Nc1cc(Cl)ccc1F. The minimum absolute atomic E-state index is 0.0601. The summed E-state index contributed by atoms with van der Waals surface area (Å²) in [7, 11) is -3.67. The summed E-state index contributed by atoms with van der Waals surface area (Å²) in [5.74, 6) is -2.64. The van der Waals surface area contributed by atoms with Crippen LogP contribution in [0.1, 0.15) is 0 Å². The minimum atomic E-state index is -3.67. The number of fused-ring (bicyclic) bond motifs is 1. The lowest BCUT2D eigenvalue weighted by atomic mass is 10.1. The predicted molar refractivity (Wildman–Crippen MR) is 96.1 cm³/mol. The highest BCUT2D eigenvalue weighted by Gasteiger charge is 2.31. The number of allylic oxidation sites excluding steroid dienone is 2. The number of carbonyl (C=O) groups excluding carboxylic acids is 2. The molecule has 1 aromatic rings. The van der Waals surface area contributed by atoms with E-state index >= 15 is 0 Å². The van der Waals surface area contributed by atoms with Gasteiger partial charge in [0.15, 0.2) is 12.4 Å². The molecule has 0 saturated heterocycles. The molecule has 1 aromatic carbocycles. The normalized spacial score (nSPS) is 17.5. The molecule has 0 saturated carbocycles. The van der Waals surface area contributed by atoms with Crippen molar-refractivity contribution in [1.29, 1.82) is 0 Å². The van der Waals surface area contributed by atoms with Crippen molar-refractivity contribution in [3.63, 3.8) is 0 Å². The summed E-state index contributed by atoms with van der Waals surface area (Å²) in [4.78, 5) is 25.6. The van der Waals surface area contributed by atoms with E-state index in [-0.39, 0.29) is 34.4 Å². The van der Waals surface area contributed by atoms with Gasteiger partial charge >= 0.3 is 5.97 Å². The molecule has 0 aliphatic carbocycles. The minimum Gasteiger partial charge on any atom is -0.452 e. The number of benzene rings is 1. The van der Waals surface area contributed by atoms with Gasteiger partial charge in [-0.25, -0.2) is 17.6 Å². The number of esters is 1. The molecule has 0 aromatic heterocycles. The van der Waals surface area contributed by atoms with Gasteiger partial charge < -0.3 is 15.0 Å². The van der Waals surface area contributed by atoms with E-state index in [9.17, 15) is 22.4 Å². The molecule has 142 valence electrons. The maximum Gasteiger partial charge on any atom is 0.342 e. The molecule has 2 aliphatic heterocycles. The summed E-state index contributed by atoms with van der Waals surface area (Å²) in [5, 5.41) is 2.45. The molecule has 1 N–H and O–H groups in total. The van der Waals surface area contributed by atoms with E-state index in [1.54, 1.807) is 6.20 Å². The molecule has 0 spiro atoms. The Hall–Kier alpha value is -2.72. The van der Waals surface area contributed by atoms with E-state index in [1.807, 2.05) is 0 Å². The largest absolute Gasteiger partial charge is 0.452 e. The number of sulfonamides is 1. The number of anilines is 1. The second kappa shape index (κ2) is 7.49. The van der Waals surface area contributed by atoms with Crippen molar-refractivity contribution in [3.8, 4) is 0 Å². The first-order valence-electron chi connectivity index (χ1n) is 7.65. The van der Waals surface area contributed by atoms with Gasteiger partial charge in [-0.1, -0.05) is 11.6 Å². The van der Waals surface area contributed by atoms with Crippen LogP contribution in [0, 0.1) is 5.82 Å². The average Bonchev–Trinajstić information content (AvgIpc) is 2.61. The Balaban J connectivity index is 1.66. The molecule has 11 heteroatoms. The third kappa shape index (κ3) is 4.52. The van der Waals surface area contributed by atoms with Crippen LogP contribution in [0.3, 0.4) is 0 Å². The molecule has 0 bridgehead atoms. The summed E-state index contributed by atoms with van der Waals surface area (Å²) in [5.41, 5.74) is -0.250. The lowest BCUT2D eigenvalue weighted by Gasteiger charge is -2.28. The van der Waals surface area contributed by atoms with Crippen LogP contribution in [-0.4, -0.2) is 49.9 Å². The topological polar surface area (TPSA) is 105 Å². The van der Waals surface area contributed by atoms with Crippen LogP contribution in [0.5, 0.6) is 0 Å². The van der Waals surface area contributed by atoms with Crippen molar-refractivity contribution in [2.24, 2.45) is 4.40 Å². The van der Waals surface area contributed by atoms with Crippen molar-refractivity contribution in [3.05, 3.63) is 53.0 Å². The summed E-state index contributed by atoms with van der Waals surface area (Å²) in [6.45, 7) is -0.553. The maximum atomic E-state index is 13.6. The van der Waals surface area contributed by atoms with Crippen LogP contribution < -0.4 is 5.32 Å². The van der Waals surface area contributed by atoms with Gasteiger partial charge in [0.05, 0.1) is 11.4 Å². The molecule has 3 rings (SSSR count). The molecule has 8 nitrogen and oxygen atoms in total. The summed E-state index contributed by atoms with van der Waals surface area (Å²) >= 11 is 5.73. The fourth-order valence-electron chi connectivity index (χ4n) is 2.36. The lowest BCUT2D eigenvalue weighted by Crippen LogP contribution is -2.40. The van der Waals surface area contributed by atoms with E-state index in [0.717, 1.165) is 6.07 Å². The Kier molecular flexibility index (Phi) is 5.29. The number of hydrogen-bond acceptors (Lipinski definition) is 6. The van der Waals surface area contributed by atoms with Crippen LogP contribution in [0.4, 0.5) is 10.1 Å². The zero-order valence-electron chi connectivity index (χ0n) is 13.7. The van der Waals surface area contributed by atoms with E-state index in [1.165, 1.54) is 29.2 Å². The standard InChI is InChI=1S/C16H13ClFN3O5S/c17-10-3-4-12(18)13(8-10)19-14(22)9-26-16(23)11-2-1-5-21-6-7-27(24,25)20-15(11)21/h1-5,8H,6-7,9H2,(H,19,22). The number of amidine groups is 1. The van der Waals surface area contributed by atoms with Gasteiger partial charge in [0.1, 0.15) is 11.4 Å². The molecule has 27 heavy (non-hydrogen) atoms. The van der Waals surface area contributed by atoms with Gasteiger partial charge in [-0.05, 0) is 30.4 Å². The van der Waals surface area contributed by atoms with Crippen molar-refractivity contribution < 1.29 is 27.1 Å². The van der Waals surface area contributed by atoms with Crippen LogP contribution >= 0.6 is 11.6 Å². The second-order valence-corrected chi connectivity index (χ2v) is 7.76. The van der Waals surface area contributed by atoms with Gasteiger partial charge in [-0.3, -0.25) is 4.79 Å². The van der Waals surface area contributed by atoms with Gasteiger partial charge in [0.2, 0.25) is 0 Å². The Morgan fingerprint density at radius 1 is 1.37 bits per heavy atom. The van der Waals surface area contributed by atoms with Crippen LogP contribution in [0.15, 0.2) is 46.5 Å². The Morgan fingerprint density at radius 2 is 2.15 bits per heavy atom. The van der Waals surface area contributed by atoms with Crippen molar-refractivity contribution >= 4 is 45.0 Å². The number of nitrogens with one attached hydrogen (secondary N) is 1. The van der Waals surface area contributed by atoms with Gasteiger partial charge in [-0.15, -0.1) is 4.40 Å². The molecule has 0 fully saturated rings. The Morgan fingerprint density at radius 3 is 2.93 bits per heavy atom. The second-order valence-electron chi connectivity index (χ2n) is 5.56. The highest BCUT2D eigenvalue weighted by Crippen LogP contribution is 2.20. The van der Waals surface area contributed by atoms with Crippen molar-refractivity contribution in [2.45, 2.75) is 0 Å². The molecule has 2 aliphatic rings. The summed E-state index contributed by atoms with van der Waals surface area (Å²) in [6, 6.07) is 3.62. The smallest absolute Gasteiger partial charge is 0.342 e. The number of halogens is 2. The molecule has 2 heterocycles. The highest BCUT2D eigenvalue weighted by molar-refractivity contribution is 7.90. The third-order valence-electron chi connectivity index (χ3n) is 3.61. The van der Waals surface area contributed by atoms with Crippen molar-refractivity contribution in [2.75, 3.05) is 24.2 Å². The number of ether oxygens (including phenoxy) is 1. The molecular weight excluding hydrogens is 401 g/mol. The number of rotatable bonds is 4. The first-order valence-corrected chi connectivity index (χ1v) is 9.64. The monoisotopic (exact) mass is 413 g/mol. The Bertz CT molecular complexity index is 1000. The van der Waals surface area contributed by atoms with E-state index < -0.39 is 34.3 Å². The Labute approximate surface area is 159 Å². The number of nitrogens with zero attached hydrogens (tertiary/aromatic N) is 2. The first-order chi connectivity index (χ1) is 12.7. The van der Waals surface area contributed by atoms with Gasteiger partial charge in [-0.2, -0.15) is 0 Å². The molecule has 0 atom stereocenters. The fourth-order valence-corrected chi connectivity index (χ4v) is 3.52. The quantitative estimate of drug-likeness (QED) is 0.749. The van der Waals surface area contributed by atoms with Gasteiger partial charge in [0.25, 0.3) is 15.9 Å². The van der Waals surface area contributed by atoms with Crippen LogP contribution in [-0.2, 0) is 24.3 Å². The first kappa shape index (κ1) is 19.1. The summed E-state index contributed by atoms with van der Waals surface area (Å²) < 4.78 is 45.4. The number of amides is 1. The zero-order valence-corrected chi connectivity index (χ0v) is 15.3. The molecule has 0 radical (unpaired) electrons. The van der Waals surface area contributed by atoms with Crippen molar-refractivity contribution in [1.82, 2.24) is 4.90 Å². The molecular formula is C16H13ClFN3O5S. The number of carbonyl (C=O) groups is 2. The van der Waals surface area contributed by atoms with E-state index in [4.69, 9.17) is 16.3 Å². The maximum absolute atomic E-state index is 13.6. The number of hydrogen-bond donors (Lipinski definition) is 1. The highest BCUT2D eigenvalue weighted by atomic mass is 35.5. The average molecular weight is 414 g/mol. The van der Waals surface area contributed by atoms with E-state index in [0.29, 0.717) is 0 Å². The fraction of sp³-hybridized carbons (Fsp3) is 0.188. The summed E-state index contributed by atoms with van der Waals surface area (Å²) in [6.07, 6.45) is 4.46.